The Morgan fingerprint density at radius 1 is 1.67 bits per heavy atom. The monoisotopic (exact) mass is 169 g/mol. The number of anilines is 1. The highest BCUT2D eigenvalue weighted by Gasteiger charge is 2.34. The van der Waals surface area contributed by atoms with E-state index >= 15 is 0 Å². The van der Waals surface area contributed by atoms with Crippen LogP contribution in [-0.4, -0.2) is 44.8 Å². The van der Waals surface area contributed by atoms with Crippen LogP contribution < -0.4 is 4.90 Å². The highest BCUT2D eigenvalue weighted by Crippen LogP contribution is 2.19. The summed E-state index contributed by atoms with van der Waals surface area (Å²) >= 11 is 0. The second-order valence-electron chi connectivity index (χ2n) is 2.65. The van der Waals surface area contributed by atoms with E-state index in [-0.39, 0.29) is 5.92 Å². The van der Waals surface area contributed by atoms with Crippen molar-refractivity contribution in [3.8, 4) is 0 Å². The second-order valence-corrected chi connectivity index (χ2v) is 2.65. The molecule has 0 aliphatic carbocycles. The van der Waals surface area contributed by atoms with Crippen molar-refractivity contribution in [3.63, 3.8) is 0 Å². The smallest absolute Gasteiger partial charge is 0.310 e. The Labute approximate surface area is 67.4 Å². The molecule has 0 saturated carbocycles. The van der Waals surface area contributed by atoms with Crippen molar-refractivity contribution in [1.82, 2.24) is 20.6 Å². The summed E-state index contributed by atoms with van der Waals surface area (Å²) in [6.45, 7) is 0.934. The van der Waals surface area contributed by atoms with Gasteiger partial charge in [0.25, 0.3) is 5.95 Å². The standard InChI is InChI=1S/C5H7N5O2/c11-4(12)3-1-10(2-3)5-6-8-9-7-5/h3H,1-2H2,(H,11,12)(H,6,7,8,9). The van der Waals surface area contributed by atoms with Gasteiger partial charge in [-0.25, -0.2) is 0 Å². The zero-order valence-electron chi connectivity index (χ0n) is 6.14. The lowest BCUT2D eigenvalue weighted by atomic mass is 10.0. The van der Waals surface area contributed by atoms with E-state index in [1.54, 1.807) is 4.90 Å². The summed E-state index contributed by atoms with van der Waals surface area (Å²) in [5, 5.41) is 21.7. The summed E-state index contributed by atoms with van der Waals surface area (Å²) in [6.07, 6.45) is 0. The van der Waals surface area contributed by atoms with Gasteiger partial charge in [0.15, 0.2) is 0 Å². The summed E-state index contributed by atoms with van der Waals surface area (Å²) in [6, 6.07) is 0. The Kier molecular flexibility index (Phi) is 1.42. The van der Waals surface area contributed by atoms with Crippen molar-refractivity contribution >= 4 is 11.9 Å². The molecule has 0 spiro atoms. The molecule has 2 heterocycles. The zero-order chi connectivity index (χ0) is 8.55. The van der Waals surface area contributed by atoms with Gasteiger partial charge in [0, 0.05) is 13.1 Å². The number of nitrogens with zero attached hydrogens (tertiary/aromatic N) is 4. The van der Waals surface area contributed by atoms with Gasteiger partial charge in [-0.2, -0.15) is 5.21 Å². The van der Waals surface area contributed by atoms with Crippen molar-refractivity contribution < 1.29 is 9.90 Å². The van der Waals surface area contributed by atoms with Crippen molar-refractivity contribution in [2.45, 2.75) is 0 Å². The Hall–Kier alpha value is -1.66. The second kappa shape index (κ2) is 2.43. The van der Waals surface area contributed by atoms with E-state index in [4.69, 9.17) is 5.11 Å². The molecule has 7 nitrogen and oxygen atoms in total. The van der Waals surface area contributed by atoms with Crippen LogP contribution in [0.15, 0.2) is 0 Å². The first-order valence-corrected chi connectivity index (χ1v) is 3.48. The third kappa shape index (κ3) is 0.987. The van der Waals surface area contributed by atoms with E-state index in [1.165, 1.54) is 0 Å². The van der Waals surface area contributed by atoms with Crippen LogP contribution in [0.5, 0.6) is 0 Å². The Balaban J connectivity index is 1.94. The minimum Gasteiger partial charge on any atom is -0.481 e. The number of tetrazole rings is 1. The van der Waals surface area contributed by atoms with Gasteiger partial charge >= 0.3 is 5.97 Å². The molecule has 0 atom stereocenters. The first-order valence-electron chi connectivity index (χ1n) is 3.48. The Morgan fingerprint density at radius 2 is 2.42 bits per heavy atom. The van der Waals surface area contributed by atoms with Crippen LogP contribution >= 0.6 is 0 Å². The number of carboxylic acid groups (broad SMARTS) is 1. The van der Waals surface area contributed by atoms with E-state index in [0.717, 1.165) is 0 Å². The zero-order valence-corrected chi connectivity index (χ0v) is 6.14. The molecular formula is C5H7N5O2. The number of carboxylic acids is 1. The van der Waals surface area contributed by atoms with Gasteiger partial charge in [0.2, 0.25) is 0 Å². The SMILES string of the molecule is O=C(O)C1CN(c2nn[nH]n2)C1. The summed E-state index contributed by atoms with van der Waals surface area (Å²) in [4.78, 5) is 12.2. The number of carbonyl (C=O) groups is 1. The summed E-state index contributed by atoms with van der Waals surface area (Å²) in [5.74, 6) is -0.592. The molecule has 0 radical (unpaired) electrons. The fourth-order valence-corrected chi connectivity index (χ4v) is 1.09. The van der Waals surface area contributed by atoms with Crippen molar-refractivity contribution in [2.24, 2.45) is 5.92 Å². The highest BCUT2D eigenvalue weighted by molar-refractivity contribution is 5.73. The van der Waals surface area contributed by atoms with E-state index in [2.05, 4.69) is 20.6 Å². The van der Waals surface area contributed by atoms with Crippen LogP contribution in [0, 0.1) is 5.92 Å². The lowest BCUT2D eigenvalue weighted by molar-refractivity contribution is -0.142. The van der Waals surface area contributed by atoms with Crippen LogP contribution in [0.4, 0.5) is 5.95 Å². The summed E-state index contributed by atoms with van der Waals surface area (Å²) < 4.78 is 0. The van der Waals surface area contributed by atoms with Gasteiger partial charge in [-0.15, -0.1) is 5.10 Å². The average molecular weight is 169 g/mol. The van der Waals surface area contributed by atoms with Gasteiger partial charge < -0.3 is 10.0 Å². The quantitative estimate of drug-likeness (QED) is 0.572. The molecule has 12 heavy (non-hydrogen) atoms. The molecule has 0 amide bonds. The normalized spacial score (nSPS) is 17.5. The number of H-pyrrole nitrogens is 1. The molecule has 64 valence electrons. The summed E-state index contributed by atoms with van der Waals surface area (Å²) in [5.41, 5.74) is 0. The van der Waals surface area contributed by atoms with E-state index in [9.17, 15) is 4.79 Å². The first kappa shape index (κ1) is 7.01. The number of hydrogen-bond donors (Lipinski definition) is 2. The number of aliphatic carboxylic acids is 1. The van der Waals surface area contributed by atoms with E-state index in [0.29, 0.717) is 19.0 Å². The van der Waals surface area contributed by atoms with E-state index in [1.807, 2.05) is 0 Å². The minimum absolute atomic E-state index is 0.288. The molecule has 1 aromatic rings. The molecule has 2 N–H and O–H groups in total. The number of hydrogen-bond acceptors (Lipinski definition) is 5. The van der Waals surface area contributed by atoms with Crippen LogP contribution in [0.3, 0.4) is 0 Å². The first-order chi connectivity index (χ1) is 5.77. The molecule has 0 aromatic carbocycles. The van der Waals surface area contributed by atoms with Gasteiger partial charge in [-0.3, -0.25) is 4.79 Å². The van der Waals surface area contributed by atoms with E-state index < -0.39 is 5.97 Å². The molecule has 0 unspecified atom stereocenters. The van der Waals surface area contributed by atoms with Crippen molar-refractivity contribution in [1.29, 1.82) is 0 Å². The van der Waals surface area contributed by atoms with Crippen LogP contribution in [-0.2, 0) is 4.79 Å². The molecule has 1 saturated heterocycles. The molecular weight excluding hydrogens is 162 g/mol. The largest absolute Gasteiger partial charge is 0.481 e. The predicted molar refractivity (Wildman–Crippen MR) is 37.5 cm³/mol. The van der Waals surface area contributed by atoms with Gasteiger partial charge in [-0.1, -0.05) is 5.10 Å². The number of aromatic amines is 1. The fraction of sp³-hybridized carbons (Fsp3) is 0.600. The molecule has 1 aliphatic rings. The number of rotatable bonds is 2. The average Bonchev–Trinajstić information content (AvgIpc) is 2.34. The van der Waals surface area contributed by atoms with Crippen molar-refractivity contribution in [3.05, 3.63) is 0 Å². The van der Waals surface area contributed by atoms with Gasteiger partial charge in [-0.05, 0) is 5.21 Å². The van der Waals surface area contributed by atoms with Crippen LogP contribution in [0.1, 0.15) is 0 Å². The lowest BCUT2D eigenvalue weighted by Crippen LogP contribution is -2.51. The number of nitrogens with one attached hydrogen (secondary N) is 1. The highest BCUT2D eigenvalue weighted by atomic mass is 16.4. The number of aromatic nitrogens is 4. The lowest BCUT2D eigenvalue weighted by Gasteiger charge is -2.35. The third-order valence-corrected chi connectivity index (χ3v) is 1.85. The molecule has 1 aliphatic heterocycles. The predicted octanol–water partition coefficient (Wildman–Crippen LogP) is -1.28. The summed E-state index contributed by atoms with van der Waals surface area (Å²) in [7, 11) is 0. The molecule has 1 aromatic heterocycles. The third-order valence-electron chi connectivity index (χ3n) is 1.85. The van der Waals surface area contributed by atoms with Gasteiger partial charge in [0.05, 0.1) is 5.92 Å². The molecule has 7 heteroatoms. The maximum atomic E-state index is 10.4. The maximum Gasteiger partial charge on any atom is 0.310 e. The van der Waals surface area contributed by atoms with Crippen LogP contribution in [0.25, 0.3) is 0 Å². The Morgan fingerprint density at radius 3 is 2.92 bits per heavy atom. The maximum absolute atomic E-state index is 10.4. The fourth-order valence-electron chi connectivity index (χ4n) is 1.09. The molecule has 1 fully saturated rings. The van der Waals surface area contributed by atoms with Gasteiger partial charge in [0.1, 0.15) is 0 Å². The molecule has 2 rings (SSSR count). The topological polar surface area (TPSA) is 95.0 Å². The molecule has 0 bridgehead atoms. The Bertz CT molecular complexity index is 278. The van der Waals surface area contributed by atoms with Crippen LogP contribution in [0.2, 0.25) is 0 Å². The minimum atomic E-state index is -0.769. The van der Waals surface area contributed by atoms with Crippen molar-refractivity contribution in [2.75, 3.05) is 18.0 Å².